The van der Waals surface area contributed by atoms with Crippen LogP contribution in [0.25, 0.3) is 11.0 Å². The first-order valence-corrected chi connectivity index (χ1v) is 10.5. The standard InChI is InChI=1S/C23H27N5O4/c1-6-9-28-20-19(22(31)27-23(28)32)15(11-17(25-20)12(2)3)21(30)26-18-10-13(4)7-8-16(18)24-14(5)29/h7-8,10-12H,6,9H2,1-5H3,(H,24,29)(H,26,30)(H,27,31,32). The lowest BCUT2D eigenvalue weighted by Crippen LogP contribution is -2.32. The van der Waals surface area contributed by atoms with Gasteiger partial charge in [-0.2, -0.15) is 0 Å². The molecule has 0 bridgehead atoms. The van der Waals surface area contributed by atoms with Crippen LogP contribution in [0, 0.1) is 6.92 Å². The van der Waals surface area contributed by atoms with Gasteiger partial charge in [0.2, 0.25) is 5.91 Å². The van der Waals surface area contributed by atoms with Crippen molar-refractivity contribution in [2.75, 3.05) is 10.6 Å². The third-order valence-corrected chi connectivity index (χ3v) is 4.99. The summed E-state index contributed by atoms with van der Waals surface area (Å²) in [6.07, 6.45) is 0.652. The van der Waals surface area contributed by atoms with E-state index in [0.29, 0.717) is 30.0 Å². The van der Waals surface area contributed by atoms with Gasteiger partial charge in [0, 0.05) is 19.2 Å². The quantitative estimate of drug-likeness (QED) is 0.546. The molecule has 0 saturated heterocycles. The number of carbonyl (C=O) groups is 2. The number of H-pyrrole nitrogens is 1. The van der Waals surface area contributed by atoms with Crippen LogP contribution in [0.2, 0.25) is 0 Å². The van der Waals surface area contributed by atoms with Crippen LogP contribution in [0.4, 0.5) is 11.4 Å². The number of benzene rings is 1. The molecule has 0 unspecified atom stereocenters. The third-order valence-electron chi connectivity index (χ3n) is 4.99. The molecule has 2 aromatic heterocycles. The van der Waals surface area contributed by atoms with Gasteiger partial charge in [-0.05, 0) is 43.0 Å². The second-order valence-electron chi connectivity index (χ2n) is 8.04. The largest absolute Gasteiger partial charge is 0.329 e. The maximum absolute atomic E-state index is 13.4. The lowest BCUT2D eigenvalue weighted by molar-refractivity contribution is -0.114. The summed E-state index contributed by atoms with van der Waals surface area (Å²) in [5.74, 6) is -0.853. The molecule has 2 amide bonds. The minimum atomic E-state index is -0.670. The van der Waals surface area contributed by atoms with Crippen LogP contribution >= 0.6 is 0 Å². The topological polar surface area (TPSA) is 126 Å². The molecular weight excluding hydrogens is 410 g/mol. The Morgan fingerprint density at radius 1 is 1.12 bits per heavy atom. The Labute approximate surface area is 184 Å². The number of nitrogens with one attached hydrogen (secondary N) is 3. The molecular formula is C23H27N5O4. The first kappa shape index (κ1) is 22.9. The zero-order valence-corrected chi connectivity index (χ0v) is 18.8. The molecule has 9 heteroatoms. The molecule has 9 nitrogen and oxygen atoms in total. The van der Waals surface area contributed by atoms with E-state index in [9.17, 15) is 19.2 Å². The number of aromatic amines is 1. The Kier molecular flexibility index (Phi) is 6.57. The number of aryl methyl sites for hydroxylation is 2. The van der Waals surface area contributed by atoms with Crippen LogP contribution < -0.4 is 21.9 Å². The highest BCUT2D eigenvalue weighted by atomic mass is 16.2. The maximum atomic E-state index is 13.4. The fraction of sp³-hybridized carbons (Fsp3) is 0.348. The van der Waals surface area contributed by atoms with Crippen LogP contribution in [0.1, 0.15) is 61.6 Å². The number of anilines is 2. The maximum Gasteiger partial charge on any atom is 0.329 e. The number of aromatic nitrogens is 3. The van der Waals surface area contributed by atoms with Crippen molar-refractivity contribution in [2.24, 2.45) is 0 Å². The van der Waals surface area contributed by atoms with Gasteiger partial charge in [0.15, 0.2) is 5.65 Å². The van der Waals surface area contributed by atoms with Crippen molar-refractivity contribution >= 4 is 34.2 Å². The summed E-state index contributed by atoms with van der Waals surface area (Å²) in [5.41, 5.74) is 1.38. The summed E-state index contributed by atoms with van der Waals surface area (Å²) in [6.45, 7) is 9.33. The molecule has 0 aliphatic rings. The van der Waals surface area contributed by atoms with Gasteiger partial charge in [0.1, 0.15) is 0 Å². The molecule has 0 saturated carbocycles. The second kappa shape index (κ2) is 9.17. The SMILES string of the molecule is CCCn1c(=O)[nH]c(=O)c2c(C(=O)Nc3cc(C)ccc3NC(C)=O)cc(C(C)C)nc21. The Morgan fingerprint density at radius 2 is 1.84 bits per heavy atom. The van der Waals surface area contributed by atoms with E-state index in [1.165, 1.54) is 11.5 Å². The molecule has 2 heterocycles. The smallest absolute Gasteiger partial charge is 0.325 e. The summed E-state index contributed by atoms with van der Waals surface area (Å²) in [6, 6.07) is 6.81. The van der Waals surface area contributed by atoms with Crippen molar-refractivity contribution in [1.82, 2.24) is 14.5 Å². The number of rotatable bonds is 6. The summed E-state index contributed by atoms with van der Waals surface area (Å²) >= 11 is 0. The monoisotopic (exact) mass is 437 g/mol. The van der Waals surface area contributed by atoms with Crippen LogP contribution in [-0.2, 0) is 11.3 Å². The minimum absolute atomic E-state index is 0.0377. The van der Waals surface area contributed by atoms with Gasteiger partial charge >= 0.3 is 5.69 Å². The van der Waals surface area contributed by atoms with E-state index in [0.717, 1.165) is 5.56 Å². The number of hydrogen-bond donors (Lipinski definition) is 3. The fourth-order valence-corrected chi connectivity index (χ4v) is 3.45. The third kappa shape index (κ3) is 4.61. The molecule has 0 radical (unpaired) electrons. The van der Waals surface area contributed by atoms with E-state index in [1.807, 2.05) is 33.8 Å². The predicted molar refractivity (Wildman–Crippen MR) is 124 cm³/mol. The number of hydrogen-bond acceptors (Lipinski definition) is 5. The van der Waals surface area contributed by atoms with Crippen LogP contribution in [-0.4, -0.2) is 26.3 Å². The van der Waals surface area contributed by atoms with Crippen molar-refractivity contribution < 1.29 is 9.59 Å². The van der Waals surface area contributed by atoms with E-state index in [2.05, 4.69) is 20.6 Å². The summed E-state index contributed by atoms with van der Waals surface area (Å²) in [5, 5.41) is 5.54. The fourth-order valence-electron chi connectivity index (χ4n) is 3.45. The summed E-state index contributed by atoms with van der Waals surface area (Å²) in [7, 11) is 0. The van der Waals surface area contributed by atoms with Crippen molar-refractivity contribution in [3.8, 4) is 0 Å². The van der Waals surface area contributed by atoms with Gasteiger partial charge in [0.05, 0.1) is 22.3 Å². The zero-order valence-electron chi connectivity index (χ0n) is 18.8. The van der Waals surface area contributed by atoms with Gasteiger partial charge in [-0.15, -0.1) is 0 Å². The summed E-state index contributed by atoms with van der Waals surface area (Å²) < 4.78 is 1.38. The van der Waals surface area contributed by atoms with Gasteiger partial charge in [0.25, 0.3) is 11.5 Å². The van der Waals surface area contributed by atoms with E-state index in [1.54, 1.807) is 18.2 Å². The Morgan fingerprint density at radius 3 is 2.47 bits per heavy atom. The molecule has 1 aromatic carbocycles. The molecule has 168 valence electrons. The van der Waals surface area contributed by atoms with Gasteiger partial charge < -0.3 is 10.6 Å². The molecule has 0 aliphatic heterocycles. The highest BCUT2D eigenvalue weighted by Gasteiger charge is 2.21. The van der Waals surface area contributed by atoms with Crippen molar-refractivity contribution in [3.05, 3.63) is 61.9 Å². The van der Waals surface area contributed by atoms with E-state index < -0.39 is 17.2 Å². The van der Waals surface area contributed by atoms with E-state index in [4.69, 9.17) is 0 Å². The molecule has 0 spiro atoms. The van der Waals surface area contributed by atoms with Gasteiger partial charge in [-0.1, -0.05) is 26.8 Å². The first-order chi connectivity index (χ1) is 15.1. The van der Waals surface area contributed by atoms with Crippen molar-refractivity contribution in [1.29, 1.82) is 0 Å². The number of carbonyl (C=O) groups excluding carboxylic acids is 2. The highest BCUT2D eigenvalue weighted by molar-refractivity contribution is 6.13. The lowest BCUT2D eigenvalue weighted by atomic mass is 10.0. The zero-order chi connectivity index (χ0) is 23.6. The molecule has 3 aromatic rings. The molecule has 32 heavy (non-hydrogen) atoms. The van der Waals surface area contributed by atoms with Crippen LogP contribution in [0.3, 0.4) is 0 Å². The van der Waals surface area contributed by atoms with Crippen LogP contribution in [0.15, 0.2) is 33.9 Å². The second-order valence-corrected chi connectivity index (χ2v) is 8.04. The van der Waals surface area contributed by atoms with E-state index in [-0.39, 0.29) is 28.4 Å². The number of pyridine rings is 1. The molecule has 0 atom stereocenters. The normalized spacial score (nSPS) is 11.1. The molecule has 0 fully saturated rings. The average molecular weight is 438 g/mol. The molecule has 0 aliphatic carbocycles. The van der Waals surface area contributed by atoms with Gasteiger partial charge in [-0.25, -0.2) is 9.78 Å². The Bertz CT molecular complexity index is 1320. The molecule has 3 rings (SSSR count). The number of nitrogens with zero attached hydrogens (tertiary/aromatic N) is 2. The lowest BCUT2D eigenvalue weighted by Gasteiger charge is -2.16. The predicted octanol–water partition coefficient (Wildman–Crippen LogP) is 3.14. The average Bonchev–Trinajstić information content (AvgIpc) is 2.71. The van der Waals surface area contributed by atoms with Crippen LogP contribution in [0.5, 0.6) is 0 Å². The number of fused-ring (bicyclic) bond motifs is 1. The molecule has 3 N–H and O–H groups in total. The Balaban J connectivity index is 2.23. The van der Waals surface area contributed by atoms with E-state index >= 15 is 0 Å². The number of amides is 2. The Hall–Kier alpha value is -3.75. The summed E-state index contributed by atoms with van der Waals surface area (Å²) in [4.78, 5) is 56.9. The first-order valence-electron chi connectivity index (χ1n) is 10.5. The minimum Gasteiger partial charge on any atom is -0.325 e. The van der Waals surface area contributed by atoms with Gasteiger partial charge in [-0.3, -0.25) is 23.9 Å². The highest BCUT2D eigenvalue weighted by Crippen LogP contribution is 2.26. The van der Waals surface area contributed by atoms with Crippen molar-refractivity contribution in [2.45, 2.75) is 53.5 Å². The van der Waals surface area contributed by atoms with Crippen molar-refractivity contribution in [3.63, 3.8) is 0 Å².